The summed E-state index contributed by atoms with van der Waals surface area (Å²) in [6, 6.07) is 21.4. The van der Waals surface area contributed by atoms with E-state index < -0.39 is 0 Å². The average molecular weight is 359 g/mol. The summed E-state index contributed by atoms with van der Waals surface area (Å²) in [4.78, 5) is 4.92. The van der Waals surface area contributed by atoms with E-state index in [1.807, 2.05) is 6.07 Å². The van der Waals surface area contributed by atoms with E-state index in [2.05, 4.69) is 80.7 Å². The van der Waals surface area contributed by atoms with Crippen molar-refractivity contribution in [1.29, 1.82) is 0 Å². The van der Waals surface area contributed by atoms with Crippen LogP contribution in [0.25, 0.3) is 21.3 Å². The molecule has 0 aliphatic carbocycles. The number of thiazole rings is 1. The highest BCUT2D eigenvalue weighted by Gasteiger charge is 2.13. The van der Waals surface area contributed by atoms with E-state index in [9.17, 15) is 0 Å². The first-order chi connectivity index (χ1) is 12.6. The molecule has 130 valence electrons. The van der Waals surface area contributed by atoms with Crippen LogP contribution in [0, 0.1) is 20.8 Å². The molecule has 2 nitrogen and oxygen atoms in total. The summed E-state index contributed by atoms with van der Waals surface area (Å²) in [5.74, 6) is 0. The highest BCUT2D eigenvalue weighted by atomic mass is 32.1. The van der Waals surface area contributed by atoms with Gasteiger partial charge in [0.2, 0.25) is 0 Å². The van der Waals surface area contributed by atoms with Crippen LogP contribution in [0.15, 0.2) is 60.7 Å². The van der Waals surface area contributed by atoms with E-state index in [1.54, 1.807) is 11.3 Å². The average Bonchev–Trinajstić information content (AvgIpc) is 3.04. The fourth-order valence-corrected chi connectivity index (χ4v) is 4.49. The van der Waals surface area contributed by atoms with Gasteiger partial charge in [-0.15, -0.1) is 0 Å². The molecule has 0 bridgehead atoms. The molecule has 1 aromatic heterocycles. The summed E-state index contributed by atoms with van der Waals surface area (Å²) in [7, 11) is 0. The molecule has 4 rings (SSSR count). The second kappa shape index (κ2) is 6.93. The second-order valence-corrected chi connectivity index (χ2v) is 7.81. The number of aryl methyl sites for hydroxylation is 3. The smallest absolute Gasteiger partial charge is 0.184 e. The fraction of sp³-hybridized carbons (Fsp3) is 0.174. The zero-order valence-electron chi connectivity index (χ0n) is 15.3. The van der Waals surface area contributed by atoms with Crippen LogP contribution in [0.2, 0.25) is 0 Å². The zero-order chi connectivity index (χ0) is 18.1. The summed E-state index contributed by atoms with van der Waals surface area (Å²) in [5, 5.41) is 4.45. The lowest BCUT2D eigenvalue weighted by Crippen LogP contribution is -1.98. The van der Waals surface area contributed by atoms with Crippen LogP contribution in [0.4, 0.5) is 5.13 Å². The topological polar surface area (TPSA) is 24.9 Å². The van der Waals surface area contributed by atoms with Gasteiger partial charge >= 0.3 is 0 Å². The monoisotopic (exact) mass is 358 g/mol. The number of para-hydroxylation sites is 1. The van der Waals surface area contributed by atoms with Crippen molar-refractivity contribution in [2.75, 3.05) is 5.32 Å². The van der Waals surface area contributed by atoms with Crippen molar-refractivity contribution in [2.24, 2.45) is 0 Å². The van der Waals surface area contributed by atoms with E-state index in [0.717, 1.165) is 17.2 Å². The minimum absolute atomic E-state index is 0.790. The molecular formula is C23H22N2S. The summed E-state index contributed by atoms with van der Waals surface area (Å²) in [6.07, 6.45) is 0. The van der Waals surface area contributed by atoms with Gasteiger partial charge in [-0.1, -0.05) is 71.5 Å². The lowest BCUT2D eigenvalue weighted by Gasteiger charge is -2.12. The quantitative estimate of drug-likeness (QED) is 0.450. The number of nitrogens with zero attached hydrogens (tertiary/aromatic N) is 1. The first-order valence-electron chi connectivity index (χ1n) is 8.87. The minimum Gasteiger partial charge on any atom is -0.357 e. The number of nitrogens with one attached hydrogen (secondary N) is 1. The largest absolute Gasteiger partial charge is 0.357 e. The van der Waals surface area contributed by atoms with Crippen LogP contribution in [0.1, 0.15) is 22.3 Å². The standard InChI is InChI=1S/C23H22N2S/c1-15-12-16(2)21(17(3)13-15)19-10-7-11-20-22(19)25-23(26-20)24-14-18-8-5-4-6-9-18/h4-13H,14H2,1-3H3,(H,24,25). The molecule has 0 saturated heterocycles. The zero-order valence-corrected chi connectivity index (χ0v) is 16.2. The SMILES string of the molecule is Cc1cc(C)c(-c2cccc3sc(NCc4ccccc4)nc23)c(C)c1. The molecule has 0 spiro atoms. The molecule has 0 aliphatic heterocycles. The molecule has 26 heavy (non-hydrogen) atoms. The summed E-state index contributed by atoms with van der Waals surface area (Å²) in [6.45, 7) is 7.32. The van der Waals surface area contributed by atoms with Crippen molar-refractivity contribution in [3.05, 3.63) is 82.9 Å². The Labute approximate surface area is 158 Å². The second-order valence-electron chi connectivity index (χ2n) is 6.78. The molecule has 0 fully saturated rings. The minimum atomic E-state index is 0.790. The number of fused-ring (bicyclic) bond motifs is 1. The predicted octanol–water partition coefficient (Wildman–Crippen LogP) is 6.50. The Morgan fingerprint density at radius 2 is 1.62 bits per heavy atom. The number of hydrogen-bond donors (Lipinski definition) is 1. The molecule has 0 unspecified atom stereocenters. The molecule has 3 heteroatoms. The van der Waals surface area contributed by atoms with Gasteiger partial charge < -0.3 is 5.32 Å². The molecule has 0 amide bonds. The summed E-state index contributed by atoms with van der Waals surface area (Å²) < 4.78 is 1.22. The van der Waals surface area contributed by atoms with Crippen LogP contribution < -0.4 is 5.32 Å². The first kappa shape index (κ1) is 16.8. The molecule has 0 saturated carbocycles. The normalized spacial score (nSPS) is 11.0. The van der Waals surface area contributed by atoms with Gasteiger partial charge in [-0.2, -0.15) is 0 Å². The molecule has 1 heterocycles. The Hall–Kier alpha value is -2.65. The van der Waals surface area contributed by atoms with Crippen molar-refractivity contribution < 1.29 is 0 Å². The number of benzene rings is 3. The third kappa shape index (κ3) is 3.23. The molecule has 0 atom stereocenters. The van der Waals surface area contributed by atoms with Gasteiger partial charge in [0, 0.05) is 12.1 Å². The van der Waals surface area contributed by atoms with Crippen molar-refractivity contribution in [3.63, 3.8) is 0 Å². The van der Waals surface area contributed by atoms with Gasteiger partial charge in [0.05, 0.1) is 10.2 Å². The van der Waals surface area contributed by atoms with E-state index in [4.69, 9.17) is 4.98 Å². The highest BCUT2D eigenvalue weighted by Crippen LogP contribution is 2.37. The fourth-order valence-electron chi connectivity index (χ4n) is 3.60. The molecule has 0 aliphatic rings. The van der Waals surface area contributed by atoms with E-state index in [-0.39, 0.29) is 0 Å². The van der Waals surface area contributed by atoms with Crippen LogP contribution in [0.3, 0.4) is 0 Å². The summed E-state index contributed by atoms with van der Waals surface area (Å²) >= 11 is 1.72. The van der Waals surface area contributed by atoms with Gasteiger partial charge in [0.25, 0.3) is 0 Å². The highest BCUT2D eigenvalue weighted by molar-refractivity contribution is 7.22. The number of aromatic nitrogens is 1. The van der Waals surface area contributed by atoms with E-state index >= 15 is 0 Å². The number of hydrogen-bond acceptors (Lipinski definition) is 3. The van der Waals surface area contributed by atoms with Gasteiger partial charge in [-0.05, 0) is 49.1 Å². The number of anilines is 1. The lowest BCUT2D eigenvalue weighted by atomic mass is 9.93. The summed E-state index contributed by atoms with van der Waals surface area (Å²) in [5.41, 5.74) is 8.80. The maximum absolute atomic E-state index is 4.92. The molecule has 0 radical (unpaired) electrons. The Bertz CT molecular complexity index is 1040. The van der Waals surface area contributed by atoms with Crippen molar-refractivity contribution in [3.8, 4) is 11.1 Å². The number of rotatable bonds is 4. The van der Waals surface area contributed by atoms with E-state index in [1.165, 1.54) is 38.1 Å². The third-order valence-corrected chi connectivity index (χ3v) is 5.63. The van der Waals surface area contributed by atoms with Crippen LogP contribution >= 0.6 is 11.3 Å². The van der Waals surface area contributed by atoms with Crippen molar-refractivity contribution in [1.82, 2.24) is 4.98 Å². The van der Waals surface area contributed by atoms with Gasteiger partial charge in [0.1, 0.15) is 0 Å². The van der Waals surface area contributed by atoms with Crippen molar-refractivity contribution in [2.45, 2.75) is 27.3 Å². The van der Waals surface area contributed by atoms with E-state index in [0.29, 0.717) is 0 Å². The Morgan fingerprint density at radius 3 is 2.35 bits per heavy atom. The van der Waals surface area contributed by atoms with Crippen molar-refractivity contribution >= 4 is 26.7 Å². The lowest BCUT2D eigenvalue weighted by molar-refractivity contribution is 1.14. The molecule has 1 N–H and O–H groups in total. The molecule has 4 aromatic rings. The van der Waals surface area contributed by atoms with Gasteiger partial charge in [-0.25, -0.2) is 4.98 Å². The van der Waals surface area contributed by atoms with Gasteiger partial charge in [-0.3, -0.25) is 0 Å². The van der Waals surface area contributed by atoms with Crippen LogP contribution in [-0.4, -0.2) is 4.98 Å². The van der Waals surface area contributed by atoms with Crippen LogP contribution in [0.5, 0.6) is 0 Å². The van der Waals surface area contributed by atoms with Gasteiger partial charge in [0.15, 0.2) is 5.13 Å². The Kier molecular flexibility index (Phi) is 4.48. The maximum Gasteiger partial charge on any atom is 0.184 e. The molecule has 3 aromatic carbocycles. The Balaban J connectivity index is 1.73. The first-order valence-corrected chi connectivity index (χ1v) is 9.69. The Morgan fingerprint density at radius 1 is 0.885 bits per heavy atom. The van der Waals surface area contributed by atoms with Crippen LogP contribution in [-0.2, 0) is 6.54 Å². The molecular weight excluding hydrogens is 336 g/mol. The predicted molar refractivity (Wildman–Crippen MR) is 113 cm³/mol. The third-order valence-electron chi connectivity index (χ3n) is 4.65. The maximum atomic E-state index is 4.92.